The summed E-state index contributed by atoms with van der Waals surface area (Å²) in [5.41, 5.74) is 4.42. The maximum absolute atomic E-state index is 13.6. The van der Waals surface area contributed by atoms with Crippen LogP contribution in [-0.4, -0.2) is 39.4 Å². The van der Waals surface area contributed by atoms with E-state index in [9.17, 15) is 4.79 Å². The van der Waals surface area contributed by atoms with Crippen molar-refractivity contribution in [2.75, 3.05) is 0 Å². The molecule has 0 aliphatic heterocycles. The Morgan fingerprint density at radius 1 is 0.857 bits per heavy atom. The van der Waals surface area contributed by atoms with Gasteiger partial charge in [0.05, 0.1) is 28.0 Å². The highest BCUT2D eigenvalue weighted by molar-refractivity contribution is 7.98. The van der Waals surface area contributed by atoms with Gasteiger partial charge in [0.1, 0.15) is 0 Å². The lowest BCUT2D eigenvalue weighted by atomic mass is 10.1. The zero-order chi connectivity index (χ0) is 23.9. The van der Waals surface area contributed by atoms with Gasteiger partial charge in [-0.3, -0.25) is 9.20 Å². The van der Waals surface area contributed by atoms with E-state index in [2.05, 4.69) is 25.7 Å². The molecule has 0 saturated heterocycles. The number of thioether (sulfide) groups is 1. The zero-order valence-corrected chi connectivity index (χ0v) is 19.8. The topological polar surface area (TPSA) is 95.8 Å². The van der Waals surface area contributed by atoms with Crippen LogP contribution in [-0.2, 0) is 5.75 Å². The molecule has 3 aromatic carbocycles. The summed E-state index contributed by atoms with van der Waals surface area (Å²) in [5, 5.41) is 22.4. The van der Waals surface area contributed by atoms with E-state index in [0.717, 1.165) is 28.0 Å². The van der Waals surface area contributed by atoms with E-state index in [1.54, 1.807) is 9.25 Å². The normalized spacial score (nSPS) is 11.5. The number of benzene rings is 3. The van der Waals surface area contributed by atoms with Crippen LogP contribution in [0.15, 0.2) is 82.7 Å². The number of hydrogen-bond donors (Lipinski definition) is 0. The number of aryl methyl sites for hydroxylation is 1. The first kappa shape index (κ1) is 21.2. The quantitative estimate of drug-likeness (QED) is 0.345. The van der Waals surface area contributed by atoms with Crippen molar-refractivity contribution in [2.45, 2.75) is 24.8 Å². The minimum atomic E-state index is -0.126. The Kier molecular flexibility index (Phi) is 5.14. The van der Waals surface area contributed by atoms with Crippen molar-refractivity contribution in [1.29, 1.82) is 0 Å². The van der Waals surface area contributed by atoms with Gasteiger partial charge < -0.3 is 0 Å². The third-order valence-electron chi connectivity index (χ3n) is 6.08. The van der Waals surface area contributed by atoms with Gasteiger partial charge in [0.25, 0.3) is 5.56 Å². The van der Waals surface area contributed by atoms with Crippen LogP contribution in [0.5, 0.6) is 0 Å². The Labute approximate surface area is 204 Å². The molecule has 0 spiro atoms. The van der Waals surface area contributed by atoms with Crippen molar-refractivity contribution in [3.63, 3.8) is 0 Å². The van der Waals surface area contributed by atoms with Crippen LogP contribution >= 0.6 is 11.8 Å². The Hall–Kier alpha value is -4.31. The van der Waals surface area contributed by atoms with Crippen LogP contribution < -0.4 is 5.56 Å². The second kappa shape index (κ2) is 8.48. The van der Waals surface area contributed by atoms with Crippen molar-refractivity contribution in [2.24, 2.45) is 0 Å². The molecule has 10 heteroatoms. The fourth-order valence-corrected chi connectivity index (χ4v) is 5.01. The first-order chi connectivity index (χ1) is 17.1. The van der Waals surface area contributed by atoms with Crippen molar-refractivity contribution >= 4 is 28.4 Å². The molecule has 0 radical (unpaired) electrons. The molecule has 9 nitrogen and oxygen atoms in total. The standard InChI is InChI=1S/C25H20N8OS/c1-16-9-8-14-20(17(16)2)31-23(34)19-12-6-7-13-21(19)32-24(31)27-28-25(32)35-15-22-26-29-30-33(22)18-10-4-3-5-11-18/h3-14H,15H2,1-2H3. The van der Waals surface area contributed by atoms with Crippen LogP contribution in [0.25, 0.3) is 28.1 Å². The summed E-state index contributed by atoms with van der Waals surface area (Å²) in [7, 11) is 0. The van der Waals surface area contributed by atoms with Crippen LogP contribution in [0, 0.1) is 13.8 Å². The number of tetrazole rings is 1. The Morgan fingerprint density at radius 2 is 1.66 bits per heavy atom. The number of fused-ring (bicyclic) bond motifs is 3. The Bertz CT molecular complexity index is 1750. The third kappa shape index (κ3) is 3.50. The molecule has 35 heavy (non-hydrogen) atoms. The SMILES string of the molecule is Cc1cccc(-n2c(=O)c3ccccc3n3c(SCc4nnnn4-c4ccccc4)nnc23)c1C. The van der Waals surface area contributed by atoms with E-state index in [1.165, 1.54) is 11.8 Å². The minimum absolute atomic E-state index is 0.126. The second-order valence-corrected chi connectivity index (χ2v) is 9.07. The predicted molar refractivity (Wildman–Crippen MR) is 134 cm³/mol. The summed E-state index contributed by atoms with van der Waals surface area (Å²) in [6.07, 6.45) is 0. The van der Waals surface area contributed by atoms with Gasteiger partial charge in [-0.05, 0) is 65.7 Å². The number of hydrogen-bond acceptors (Lipinski definition) is 7. The molecule has 0 atom stereocenters. The molecular weight excluding hydrogens is 460 g/mol. The van der Waals surface area contributed by atoms with Crippen LogP contribution in [0.1, 0.15) is 17.0 Å². The van der Waals surface area contributed by atoms with Gasteiger partial charge >= 0.3 is 0 Å². The highest BCUT2D eigenvalue weighted by Gasteiger charge is 2.20. The van der Waals surface area contributed by atoms with Gasteiger partial charge in [-0.15, -0.1) is 15.3 Å². The molecule has 0 saturated carbocycles. The fraction of sp³-hybridized carbons (Fsp3) is 0.120. The highest BCUT2D eigenvalue weighted by Crippen LogP contribution is 2.27. The van der Waals surface area contributed by atoms with Gasteiger partial charge in [0.15, 0.2) is 11.0 Å². The first-order valence-electron chi connectivity index (χ1n) is 11.0. The number of nitrogens with zero attached hydrogens (tertiary/aromatic N) is 8. The molecule has 0 bridgehead atoms. The number of aromatic nitrogens is 8. The lowest BCUT2D eigenvalue weighted by Crippen LogP contribution is -2.22. The van der Waals surface area contributed by atoms with E-state index in [4.69, 9.17) is 0 Å². The first-order valence-corrected chi connectivity index (χ1v) is 12.0. The minimum Gasteiger partial charge on any atom is -0.268 e. The maximum atomic E-state index is 13.6. The van der Waals surface area contributed by atoms with E-state index < -0.39 is 0 Å². The average Bonchev–Trinajstić information content (AvgIpc) is 3.53. The van der Waals surface area contributed by atoms with E-state index in [-0.39, 0.29) is 5.56 Å². The monoisotopic (exact) mass is 480 g/mol. The molecular formula is C25H20N8OS. The van der Waals surface area contributed by atoms with E-state index in [1.807, 2.05) is 91.0 Å². The van der Waals surface area contributed by atoms with Gasteiger partial charge in [0, 0.05) is 0 Å². The molecule has 3 heterocycles. The van der Waals surface area contributed by atoms with Crippen molar-refractivity contribution in [3.05, 3.63) is 100 Å². The summed E-state index contributed by atoms with van der Waals surface area (Å²) >= 11 is 1.47. The Balaban J connectivity index is 1.50. The smallest absolute Gasteiger partial charge is 0.267 e. The lowest BCUT2D eigenvalue weighted by Gasteiger charge is -2.14. The highest BCUT2D eigenvalue weighted by atomic mass is 32.2. The van der Waals surface area contributed by atoms with Gasteiger partial charge in [-0.2, -0.15) is 4.68 Å². The van der Waals surface area contributed by atoms with E-state index >= 15 is 0 Å². The van der Waals surface area contributed by atoms with Gasteiger partial charge in [-0.1, -0.05) is 54.2 Å². The second-order valence-electron chi connectivity index (χ2n) is 8.13. The fourth-order valence-electron chi connectivity index (χ4n) is 4.16. The number of rotatable bonds is 5. The summed E-state index contributed by atoms with van der Waals surface area (Å²) in [5.74, 6) is 1.62. The maximum Gasteiger partial charge on any atom is 0.267 e. The van der Waals surface area contributed by atoms with E-state index in [0.29, 0.717) is 27.9 Å². The van der Waals surface area contributed by atoms with Crippen LogP contribution in [0.4, 0.5) is 0 Å². The molecule has 0 unspecified atom stereocenters. The third-order valence-corrected chi connectivity index (χ3v) is 7.00. The molecule has 0 amide bonds. The molecule has 3 aromatic heterocycles. The van der Waals surface area contributed by atoms with Crippen molar-refractivity contribution in [3.8, 4) is 11.4 Å². The molecule has 172 valence electrons. The molecule has 0 aliphatic carbocycles. The molecule has 0 fully saturated rings. The summed E-state index contributed by atoms with van der Waals surface area (Å²) in [4.78, 5) is 13.6. The zero-order valence-electron chi connectivity index (χ0n) is 19.0. The molecule has 6 aromatic rings. The van der Waals surface area contributed by atoms with Crippen molar-refractivity contribution < 1.29 is 0 Å². The molecule has 6 rings (SSSR count). The van der Waals surface area contributed by atoms with Crippen LogP contribution in [0.3, 0.4) is 0 Å². The average molecular weight is 481 g/mol. The number of para-hydroxylation sites is 2. The summed E-state index contributed by atoms with van der Waals surface area (Å²) in [6.45, 7) is 4.04. The predicted octanol–water partition coefficient (Wildman–Crippen LogP) is 3.92. The Morgan fingerprint density at radius 3 is 2.51 bits per heavy atom. The lowest BCUT2D eigenvalue weighted by molar-refractivity contribution is 0.777. The molecule has 0 aliphatic rings. The van der Waals surface area contributed by atoms with Gasteiger partial charge in [-0.25, -0.2) is 4.57 Å². The van der Waals surface area contributed by atoms with Crippen molar-refractivity contribution in [1.82, 2.24) is 39.4 Å². The summed E-state index contributed by atoms with van der Waals surface area (Å²) < 4.78 is 5.29. The summed E-state index contributed by atoms with van der Waals surface area (Å²) in [6, 6.07) is 23.2. The largest absolute Gasteiger partial charge is 0.268 e. The van der Waals surface area contributed by atoms with Gasteiger partial charge in [0.2, 0.25) is 5.78 Å². The molecule has 0 N–H and O–H groups in total. The van der Waals surface area contributed by atoms with Crippen LogP contribution in [0.2, 0.25) is 0 Å².